The number of pyridine rings is 1. The van der Waals surface area contributed by atoms with Gasteiger partial charge in [0.25, 0.3) is 11.5 Å². The first kappa shape index (κ1) is 21.0. The van der Waals surface area contributed by atoms with Gasteiger partial charge in [-0.1, -0.05) is 30.9 Å². The summed E-state index contributed by atoms with van der Waals surface area (Å²) in [4.78, 5) is 29.9. The zero-order valence-corrected chi connectivity index (χ0v) is 18.6. The van der Waals surface area contributed by atoms with E-state index >= 15 is 0 Å². The molecule has 2 fully saturated rings. The van der Waals surface area contributed by atoms with Crippen molar-refractivity contribution >= 4 is 57.9 Å². The van der Waals surface area contributed by atoms with Crippen LogP contribution in [0.5, 0.6) is 0 Å². The SMILES string of the molecule is CCCN1C(=O)/C(=C/c2c(C)c(C#N)c(=O)n(C)c2N2CCSCC2)SC1=S. The van der Waals surface area contributed by atoms with Crippen molar-refractivity contribution in [1.82, 2.24) is 9.47 Å². The molecule has 2 saturated heterocycles. The van der Waals surface area contributed by atoms with Gasteiger partial charge in [-0.2, -0.15) is 17.0 Å². The highest BCUT2D eigenvalue weighted by Gasteiger charge is 2.32. The molecule has 0 N–H and O–H groups in total. The first-order chi connectivity index (χ1) is 13.4. The highest BCUT2D eigenvalue weighted by atomic mass is 32.2. The van der Waals surface area contributed by atoms with Crippen molar-refractivity contribution in [2.45, 2.75) is 20.3 Å². The molecule has 2 aliphatic rings. The molecule has 2 aliphatic heterocycles. The number of hydrogen-bond acceptors (Lipinski definition) is 7. The van der Waals surface area contributed by atoms with Gasteiger partial charge in [0, 0.05) is 43.8 Å². The van der Waals surface area contributed by atoms with Crippen LogP contribution in [0.15, 0.2) is 9.70 Å². The van der Waals surface area contributed by atoms with Crippen LogP contribution in [0.2, 0.25) is 0 Å². The van der Waals surface area contributed by atoms with Crippen LogP contribution < -0.4 is 10.5 Å². The van der Waals surface area contributed by atoms with E-state index in [-0.39, 0.29) is 17.0 Å². The number of aromatic nitrogens is 1. The molecule has 3 rings (SSSR count). The first-order valence-corrected chi connectivity index (χ1v) is 11.5. The Hall–Kier alpha value is -1.76. The molecule has 0 saturated carbocycles. The number of carbonyl (C=O) groups is 1. The van der Waals surface area contributed by atoms with Crippen molar-refractivity contribution < 1.29 is 4.79 Å². The van der Waals surface area contributed by atoms with E-state index in [9.17, 15) is 14.9 Å². The molecular weight excluding hydrogens is 412 g/mol. The van der Waals surface area contributed by atoms with E-state index in [0.717, 1.165) is 42.4 Å². The molecule has 0 radical (unpaired) electrons. The van der Waals surface area contributed by atoms with Crippen LogP contribution in [0.25, 0.3) is 6.08 Å². The molecule has 0 spiro atoms. The van der Waals surface area contributed by atoms with Gasteiger partial charge in [-0.3, -0.25) is 19.1 Å². The standard InChI is InChI=1S/C19H22N4O2S3/c1-4-5-23-18(25)15(28-19(23)26)10-13-12(2)14(11-20)17(24)21(3)16(13)22-6-8-27-9-7-22/h10H,4-9H2,1-3H3/b15-10-. The second-order valence-electron chi connectivity index (χ2n) is 6.65. The van der Waals surface area contributed by atoms with Crippen LogP contribution in [0.1, 0.15) is 30.0 Å². The molecule has 3 heterocycles. The van der Waals surface area contributed by atoms with E-state index < -0.39 is 0 Å². The third-order valence-corrected chi connectivity index (χ3v) is 7.20. The topological polar surface area (TPSA) is 69.3 Å². The molecule has 0 bridgehead atoms. The van der Waals surface area contributed by atoms with Crippen LogP contribution in [0.4, 0.5) is 5.82 Å². The van der Waals surface area contributed by atoms with Gasteiger partial charge in [-0.25, -0.2) is 0 Å². The number of amides is 1. The van der Waals surface area contributed by atoms with Crippen LogP contribution in [0, 0.1) is 18.3 Å². The second kappa shape index (κ2) is 8.72. The lowest BCUT2D eigenvalue weighted by atomic mass is 10.0. The summed E-state index contributed by atoms with van der Waals surface area (Å²) in [5, 5.41) is 9.51. The largest absolute Gasteiger partial charge is 0.356 e. The average molecular weight is 435 g/mol. The quantitative estimate of drug-likeness (QED) is 0.533. The second-order valence-corrected chi connectivity index (χ2v) is 9.55. The molecular formula is C19H22N4O2S3. The molecule has 9 heteroatoms. The van der Waals surface area contributed by atoms with Crippen LogP contribution >= 0.6 is 35.7 Å². The molecule has 0 aliphatic carbocycles. The van der Waals surface area contributed by atoms with Gasteiger partial charge >= 0.3 is 0 Å². The van der Waals surface area contributed by atoms with Crippen molar-refractivity contribution in [3.05, 3.63) is 31.9 Å². The van der Waals surface area contributed by atoms with E-state index in [1.54, 1.807) is 23.4 Å². The fourth-order valence-corrected chi connectivity index (χ4v) is 5.61. The zero-order chi connectivity index (χ0) is 20.4. The molecule has 1 aromatic rings. The third-order valence-electron chi connectivity index (χ3n) is 4.87. The van der Waals surface area contributed by atoms with Gasteiger partial charge in [0.1, 0.15) is 21.8 Å². The molecule has 1 amide bonds. The van der Waals surface area contributed by atoms with Crippen LogP contribution in [-0.4, -0.2) is 50.8 Å². The summed E-state index contributed by atoms with van der Waals surface area (Å²) in [6, 6.07) is 2.04. The number of thiocarbonyl (C=S) groups is 1. The summed E-state index contributed by atoms with van der Waals surface area (Å²) >= 11 is 8.53. The fourth-order valence-electron chi connectivity index (χ4n) is 3.42. The van der Waals surface area contributed by atoms with Crippen molar-refractivity contribution in [3.63, 3.8) is 0 Å². The monoisotopic (exact) mass is 434 g/mol. The summed E-state index contributed by atoms with van der Waals surface area (Å²) in [6.45, 7) is 6.02. The summed E-state index contributed by atoms with van der Waals surface area (Å²) < 4.78 is 2.09. The van der Waals surface area contributed by atoms with Gasteiger partial charge in [-0.15, -0.1) is 0 Å². The molecule has 0 unspecified atom stereocenters. The number of nitriles is 1. The molecule has 0 atom stereocenters. The van der Waals surface area contributed by atoms with E-state index in [4.69, 9.17) is 12.2 Å². The normalized spacial score (nSPS) is 18.9. The lowest BCUT2D eigenvalue weighted by molar-refractivity contribution is -0.122. The average Bonchev–Trinajstić information content (AvgIpc) is 2.95. The number of rotatable bonds is 4. The predicted octanol–water partition coefficient (Wildman–Crippen LogP) is 2.73. The van der Waals surface area contributed by atoms with Gasteiger partial charge in [0.2, 0.25) is 0 Å². The van der Waals surface area contributed by atoms with E-state index in [1.807, 2.05) is 30.8 Å². The maximum absolute atomic E-state index is 12.8. The van der Waals surface area contributed by atoms with Crippen molar-refractivity contribution in [2.75, 3.05) is 36.0 Å². The maximum Gasteiger partial charge on any atom is 0.270 e. The van der Waals surface area contributed by atoms with Crippen molar-refractivity contribution in [1.29, 1.82) is 5.26 Å². The summed E-state index contributed by atoms with van der Waals surface area (Å²) in [5.74, 6) is 2.61. The Morgan fingerprint density at radius 3 is 2.57 bits per heavy atom. The highest BCUT2D eigenvalue weighted by molar-refractivity contribution is 8.26. The molecule has 148 valence electrons. The Morgan fingerprint density at radius 1 is 1.29 bits per heavy atom. The van der Waals surface area contributed by atoms with E-state index in [1.165, 1.54) is 11.8 Å². The first-order valence-electron chi connectivity index (χ1n) is 9.12. The number of hydrogen-bond donors (Lipinski definition) is 0. The Morgan fingerprint density at radius 2 is 1.96 bits per heavy atom. The Labute approximate surface area is 178 Å². The van der Waals surface area contributed by atoms with Gasteiger partial charge in [-0.05, 0) is 25.0 Å². The summed E-state index contributed by atoms with van der Waals surface area (Å²) in [5.41, 5.74) is 1.18. The summed E-state index contributed by atoms with van der Waals surface area (Å²) in [7, 11) is 1.69. The van der Waals surface area contributed by atoms with Crippen molar-refractivity contribution in [2.24, 2.45) is 7.05 Å². The minimum Gasteiger partial charge on any atom is -0.356 e. The maximum atomic E-state index is 12.8. The predicted molar refractivity (Wildman–Crippen MR) is 121 cm³/mol. The number of carbonyl (C=O) groups excluding carboxylic acids is 1. The molecule has 1 aromatic heterocycles. The lowest BCUT2D eigenvalue weighted by Crippen LogP contribution is -2.38. The lowest BCUT2D eigenvalue weighted by Gasteiger charge is -2.32. The fraction of sp³-hybridized carbons (Fsp3) is 0.474. The number of nitrogens with zero attached hydrogens (tertiary/aromatic N) is 4. The van der Waals surface area contributed by atoms with E-state index in [0.29, 0.717) is 21.3 Å². The highest BCUT2D eigenvalue weighted by Crippen LogP contribution is 2.36. The number of thioether (sulfide) groups is 2. The van der Waals surface area contributed by atoms with E-state index in [2.05, 4.69) is 4.90 Å². The van der Waals surface area contributed by atoms with Crippen LogP contribution in [0.3, 0.4) is 0 Å². The minimum atomic E-state index is -0.302. The molecule has 28 heavy (non-hydrogen) atoms. The molecule has 0 aromatic carbocycles. The zero-order valence-electron chi connectivity index (χ0n) is 16.2. The van der Waals surface area contributed by atoms with Gasteiger partial charge in [0.05, 0.1) is 4.91 Å². The number of anilines is 1. The van der Waals surface area contributed by atoms with Crippen LogP contribution in [-0.2, 0) is 11.8 Å². The Kier molecular flexibility index (Phi) is 6.53. The van der Waals surface area contributed by atoms with Crippen molar-refractivity contribution in [3.8, 4) is 6.07 Å². The smallest absolute Gasteiger partial charge is 0.270 e. The summed E-state index contributed by atoms with van der Waals surface area (Å²) in [6.07, 6.45) is 2.63. The van der Waals surface area contributed by atoms with Gasteiger partial charge in [0.15, 0.2) is 0 Å². The Bertz CT molecular complexity index is 955. The minimum absolute atomic E-state index is 0.108. The Balaban J connectivity index is 2.18. The third kappa shape index (κ3) is 3.73. The molecule has 6 nitrogen and oxygen atoms in total. The van der Waals surface area contributed by atoms with Gasteiger partial charge < -0.3 is 4.90 Å².